The number of H-pyrrole nitrogens is 2. The molecule has 0 aliphatic heterocycles. The molecule has 0 aliphatic rings. The van der Waals surface area contributed by atoms with Gasteiger partial charge in [-0.2, -0.15) is 20.5 Å². The first kappa shape index (κ1) is 11.6. The molecular formula is C13H14N6. The van der Waals surface area contributed by atoms with E-state index in [9.17, 15) is 0 Å². The summed E-state index contributed by atoms with van der Waals surface area (Å²) in [6.45, 7) is 1.41. The van der Waals surface area contributed by atoms with Gasteiger partial charge in [0.15, 0.2) is 0 Å². The summed E-state index contributed by atoms with van der Waals surface area (Å²) in [7, 11) is 0. The number of rotatable bonds is 5. The maximum Gasteiger partial charge on any atom is 0.117 e. The normalized spacial score (nSPS) is 10.7. The highest BCUT2D eigenvalue weighted by atomic mass is 15.3. The minimum atomic E-state index is 0.659. The lowest BCUT2D eigenvalue weighted by molar-refractivity contribution is 0.678. The fourth-order valence-corrected chi connectivity index (χ4v) is 1.90. The van der Waals surface area contributed by atoms with Gasteiger partial charge in [0.2, 0.25) is 0 Å². The van der Waals surface area contributed by atoms with Gasteiger partial charge in [-0.1, -0.05) is 30.3 Å². The largest absolute Gasteiger partial charge is 0.307 e. The van der Waals surface area contributed by atoms with E-state index in [1.807, 2.05) is 36.5 Å². The van der Waals surface area contributed by atoms with E-state index in [-0.39, 0.29) is 0 Å². The van der Waals surface area contributed by atoms with E-state index < -0.39 is 0 Å². The second kappa shape index (κ2) is 5.45. The van der Waals surface area contributed by atoms with Gasteiger partial charge in [-0.3, -0.25) is 5.10 Å². The van der Waals surface area contributed by atoms with Crippen LogP contribution < -0.4 is 5.32 Å². The fraction of sp³-hybridized carbons (Fsp3) is 0.154. The molecule has 3 rings (SSSR count). The summed E-state index contributed by atoms with van der Waals surface area (Å²) in [5.41, 5.74) is 3.98. The zero-order chi connectivity index (χ0) is 12.9. The van der Waals surface area contributed by atoms with Crippen molar-refractivity contribution < 1.29 is 0 Å². The number of aromatic nitrogens is 5. The number of benzene rings is 1. The Morgan fingerprint density at radius 1 is 1.05 bits per heavy atom. The summed E-state index contributed by atoms with van der Waals surface area (Å²) in [6, 6.07) is 10.0. The van der Waals surface area contributed by atoms with Crippen LogP contribution in [0.25, 0.3) is 11.3 Å². The molecule has 0 amide bonds. The molecule has 2 aromatic heterocycles. The maximum absolute atomic E-state index is 4.21. The molecule has 0 atom stereocenters. The predicted molar refractivity (Wildman–Crippen MR) is 71.0 cm³/mol. The second-order valence-corrected chi connectivity index (χ2v) is 4.20. The Hall–Kier alpha value is -2.47. The highest BCUT2D eigenvalue weighted by Gasteiger charge is 2.09. The summed E-state index contributed by atoms with van der Waals surface area (Å²) in [4.78, 5) is 0. The maximum atomic E-state index is 4.21. The van der Waals surface area contributed by atoms with Gasteiger partial charge in [-0.15, -0.1) is 0 Å². The number of nitrogens with one attached hydrogen (secondary N) is 3. The standard InChI is InChI=1S/C13H14N6/c1-2-4-11(5-3-1)13-12(17-19-18-13)9-14-6-10-7-15-16-8-10/h1-5,7-8,14H,6,9H2,(H,15,16)(H,17,18,19). The molecule has 2 heterocycles. The van der Waals surface area contributed by atoms with Crippen LogP contribution in [-0.4, -0.2) is 25.6 Å². The minimum Gasteiger partial charge on any atom is -0.307 e. The first-order valence-corrected chi connectivity index (χ1v) is 6.07. The van der Waals surface area contributed by atoms with Crippen LogP contribution in [0, 0.1) is 0 Å². The third-order valence-electron chi connectivity index (χ3n) is 2.84. The summed E-state index contributed by atoms with van der Waals surface area (Å²) in [5, 5.41) is 21.1. The van der Waals surface area contributed by atoms with E-state index in [1.54, 1.807) is 6.20 Å². The average molecular weight is 254 g/mol. The van der Waals surface area contributed by atoms with Crippen LogP contribution in [0.3, 0.4) is 0 Å². The molecule has 0 saturated carbocycles. The SMILES string of the molecule is c1ccc(-c2n[nH]nc2CNCc2cn[nH]c2)cc1. The summed E-state index contributed by atoms with van der Waals surface area (Å²) in [6.07, 6.45) is 3.67. The van der Waals surface area contributed by atoms with Crippen LogP contribution in [0.15, 0.2) is 42.7 Å². The topological polar surface area (TPSA) is 82.3 Å². The molecular weight excluding hydrogens is 240 g/mol. The van der Waals surface area contributed by atoms with Crippen molar-refractivity contribution in [2.75, 3.05) is 0 Å². The molecule has 3 N–H and O–H groups in total. The Bertz CT molecular complexity index is 614. The molecule has 3 aromatic rings. The third-order valence-corrected chi connectivity index (χ3v) is 2.84. The molecule has 0 unspecified atom stereocenters. The Morgan fingerprint density at radius 2 is 1.95 bits per heavy atom. The fourth-order valence-electron chi connectivity index (χ4n) is 1.90. The van der Waals surface area contributed by atoms with E-state index in [1.165, 1.54) is 0 Å². The molecule has 0 fully saturated rings. The Labute approximate surface area is 110 Å². The van der Waals surface area contributed by atoms with Crippen LogP contribution in [0.2, 0.25) is 0 Å². The second-order valence-electron chi connectivity index (χ2n) is 4.20. The van der Waals surface area contributed by atoms with Gasteiger partial charge in [0.05, 0.1) is 6.20 Å². The van der Waals surface area contributed by atoms with Gasteiger partial charge in [0.1, 0.15) is 11.4 Å². The lowest BCUT2D eigenvalue weighted by Crippen LogP contribution is -2.13. The van der Waals surface area contributed by atoms with E-state index in [0.29, 0.717) is 6.54 Å². The highest BCUT2D eigenvalue weighted by Crippen LogP contribution is 2.18. The van der Waals surface area contributed by atoms with Crippen molar-refractivity contribution in [1.82, 2.24) is 30.9 Å². The van der Waals surface area contributed by atoms with E-state index in [0.717, 1.165) is 29.1 Å². The molecule has 6 nitrogen and oxygen atoms in total. The molecule has 0 aliphatic carbocycles. The first-order valence-electron chi connectivity index (χ1n) is 6.07. The molecule has 96 valence electrons. The van der Waals surface area contributed by atoms with Crippen molar-refractivity contribution in [3.8, 4) is 11.3 Å². The Balaban J connectivity index is 1.67. The Kier molecular flexibility index (Phi) is 3.33. The summed E-state index contributed by atoms with van der Waals surface area (Å²) >= 11 is 0. The van der Waals surface area contributed by atoms with Crippen molar-refractivity contribution in [3.05, 3.63) is 54.0 Å². The van der Waals surface area contributed by atoms with Gasteiger partial charge >= 0.3 is 0 Å². The molecule has 1 aromatic carbocycles. The molecule has 0 bridgehead atoms. The number of nitrogens with zero attached hydrogens (tertiary/aromatic N) is 3. The van der Waals surface area contributed by atoms with E-state index >= 15 is 0 Å². The van der Waals surface area contributed by atoms with E-state index in [2.05, 4.69) is 30.9 Å². The zero-order valence-electron chi connectivity index (χ0n) is 10.3. The summed E-state index contributed by atoms with van der Waals surface area (Å²) in [5.74, 6) is 0. The molecule has 19 heavy (non-hydrogen) atoms. The van der Waals surface area contributed by atoms with Crippen LogP contribution in [0.1, 0.15) is 11.3 Å². The van der Waals surface area contributed by atoms with Gasteiger partial charge in [-0.05, 0) is 0 Å². The zero-order valence-corrected chi connectivity index (χ0v) is 10.3. The highest BCUT2D eigenvalue weighted by molar-refractivity contribution is 5.60. The number of aromatic amines is 2. The average Bonchev–Trinajstić information content (AvgIpc) is 3.11. The van der Waals surface area contributed by atoms with Gasteiger partial charge in [-0.25, -0.2) is 0 Å². The van der Waals surface area contributed by atoms with Gasteiger partial charge in [0, 0.05) is 30.4 Å². The smallest absolute Gasteiger partial charge is 0.117 e. The molecule has 0 spiro atoms. The van der Waals surface area contributed by atoms with E-state index in [4.69, 9.17) is 0 Å². The van der Waals surface area contributed by atoms with Crippen LogP contribution >= 0.6 is 0 Å². The monoisotopic (exact) mass is 254 g/mol. The lowest BCUT2D eigenvalue weighted by atomic mass is 10.1. The van der Waals surface area contributed by atoms with Gasteiger partial charge < -0.3 is 5.32 Å². The quantitative estimate of drug-likeness (QED) is 0.644. The third kappa shape index (κ3) is 2.69. The van der Waals surface area contributed by atoms with Crippen molar-refractivity contribution in [2.24, 2.45) is 0 Å². The van der Waals surface area contributed by atoms with Gasteiger partial charge in [0.25, 0.3) is 0 Å². The Morgan fingerprint density at radius 3 is 2.74 bits per heavy atom. The molecule has 0 radical (unpaired) electrons. The lowest BCUT2D eigenvalue weighted by Gasteiger charge is -2.02. The van der Waals surface area contributed by atoms with Crippen LogP contribution in [0.4, 0.5) is 0 Å². The number of hydrogen-bond donors (Lipinski definition) is 3. The first-order chi connectivity index (χ1) is 9.43. The molecule has 6 heteroatoms. The van der Waals surface area contributed by atoms with Crippen LogP contribution in [0.5, 0.6) is 0 Å². The van der Waals surface area contributed by atoms with Crippen molar-refractivity contribution in [3.63, 3.8) is 0 Å². The van der Waals surface area contributed by atoms with Crippen molar-refractivity contribution in [2.45, 2.75) is 13.1 Å². The molecule has 0 saturated heterocycles. The number of hydrogen-bond acceptors (Lipinski definition) is 4. The minimum absolute atomic E-state index is 0.659. The summed E-state index contributed by atoms with van der Waals surface area (Å²) < 4.78 is 0. The van der Waals surface area contributed by atoms with Crippen molar-refractivity contribution in [1.29, 1.82) is 0 Å². The van der Waals surface area contributed by atoms with Crippen LogP contribution in [-0.2, 0) is 13.1 Å². The van der Waals surface area contributed by atoms with Crippen molar-refractivity contribution >= 4 is 0 Å². The predicted octanol–water partition coefficient (Wildman–Crippen LogP) is 1.48.